The van der Waals surface area contributed by atoms with Crippen molar-refractivity contribution in [1.29, 1.82) is 0 Å². The smallest absolute Gasteiger partial charge is 0.0580 e. The third-order valence-electron chi connectivity index (χ3n) is 3.11. The van der Waals surface area contributed by atoms with E-state index in [1.165, 1.54) is 5.56 Å². The van der Waals surface area contributed by atoms with Gasteiger partial charge in [0.05, 0.1) is 6.10 Å². The van der Waals surface area contributed by atoms with Gasteiger partial charge in [0.15, 0.2) is 0 Å². The van der Waals surface area contributed by atoms with Crippen LogP contribution in [-0.4, -0.2) is 16.2 Å². The lowest BCUT2D eigenvalue weighted by atomic mass is 9.67. The SMILES string of the molecule is CCC1C(O)CC1c1ccncc1. The van der Waals surface area contributed by atoms with Crippen LogP contribution in [0.1, 0.15) is 31.2 Å². The van der Waals surface area contributed by atoms with E-state index in [0.29, 0.717) is 11.8 Å². The Morgan fingerprint density at radius 1 is 1.46 bits per heavy atom. The summed E-state index contributed by atoms with van der Waals surface area (Å²) in [5.41, 5.74) is 1.33. The number of aliphatic hydroxyl groups excluding tert-OH is 1. The minimum Gasteiger partial charge on any atom is -0.393 e. The first kappa shape index (κ1) is 8.70. The summed E-state index contributed by atoms with van der Waals surface area (Å²) in [7, 11) is 0. The van der Waals surface area contributed by atoms with E-state index in [9.17, 15) is 5.11 Å². The largest absolute Gasteiger partial charge is 0.393 e. The van der Waals surface area contributed by atoms with Gasteiger partial charge in [-0.1, -0.05) is 13.3 Å². The third-order valence-corrected chi connectivity index (χ3v) is 3.11. The summed E-state index contributed by atoms with van der Waals surface area (Å²) < 4.78 is 0. The van der Waals surface area contributed by atoms with Crippen LogP contribution >= 0.6 is 0 Å². The molecule has 70 valence electrons. The Hall–Kier alpha value is -0.890. The Balaban J connectivity index is 2.12. The first-order valence-corrected chi connectivity index (χ1v) is 4.91. The summed E-state index contributed by atoms with van der Waals surface area (Å²) >= 11 is 0. The average Bonchev–Trinajstić information content (AvgIpc) is 2.16. The van der Waals surface area contributed by atoms with E-state index in [4.69, 9.17) is 0 Å². The number of aromatic nitrogens is 1. The molecule has 13 heavy (non-hydrogen) atoms. The van der Waals surface area contributed by atoms with Crippen LogP contribution in [0.15, 0.2) is 24.5 Å². The summed E-state index contributed by atoms with van der Waals surface area (Å²) in [5.74, 6) is 1.02. The molecule has 1 heterocycles. The molecular formula is C11H15NO. The topological polar surface area (TPSA) is 33.1 Å². The number of hydrogen-bond donors (Lipinski definition) is 1. The van der Waals surface area contributed by atoms with E-state index in [-0.39, 0.29) is 6.10 Å². The second kappa shape index (κ2) is 3.46. The van der Waals surface area contributed by atoms with Crippen LogP contribution in [0.2, 0.25) is 0 Å². The molecule has 2 heteroatoms. The highest BCUT2D eigenvalue weighted by Gasteiger charge is 2.38. The molecule has 0 spiro atoms. The number of pyridine rings is 1. The molecule has 0 bridgehead atoms. The lowest BCUT2D eigenvalue weighted by Crippen LogP contribution is -2.38. The summed E-state index contributed by atoms with van der Waals surface area (Å²) in [5, 5.41) is 9.52. The Morgan fingerprint density at radius 2 is 2.15 bits per heavy atom. The second-order valence-corrected chi connectivity index (χ2v) is 3.76. The van der Waals surface area contributed by atoms with Crippen molar-refractivity contribution >= 4 is 0 Å². The molecule has 1 fully saturated rings. The molecule has 0 radical (unpaired) electrons. The van der Waals surface area contributed by atoms with E-state index in [1.807, 2.05) is 12.4 Å². The Kier molecular flexibility index (Phi) is 2.32. The summed E-state index contributed by atoms with van der Waals surface area (Å²) in [6.07, 6.45) is 5.55. The maximum atomic E-state index is 9.52. The molecule has 1 aromatic heterocycles. The fourth-order valence-electron chi connectivity index (χ4n) is 2.23. The standard InChI is InChI=1S/C11H15NO/c1-2-9-10(7-11(9)13)8-3-5-12-6-4-8/h3-6,9-11,13H,2,7H2,1H3. The van der Waals surface area contributed by atoms with Gasteiger partial charge in [0.25, 0.3) is 0 Å². The molecule has 1 aromatic rings. The van der Waals surface area contributed by atoms with Gasteiger partial charge in [-0.2, -0.15) is 0 Å². The van der Waals surface area contributed by atoms with Crippen LogP contribution in [-0.2, 0) is 0 Å². The predicted octanol–water partition coefficient (Wildman–Crippen LogP) is 1.96. The zero-order valence-electron chi connectivity index (χ0n) is 7.85. The van der Waals surface area contributed by atoms with Crippen LogP contribution < -0.4 is 0 Å². The van der Waals surface area contributed by atoms with Crippen molar-refractivity contribution in [2.24, 2.45) is 5.92 Å². The van der Waals surface area contributed by atoms with Crippen molar-refractivity contribution in [1.82, 2.24) is 4.98 Å². The number of nitrogens with zero attached hydrogens (tertiary/aromatic N) is 1. The molecular weight excluding hydrogens is 162 g/mol. The van der Waals surface area contributed by atoms with Crippen molar-refractivity contribution in [3.05, 3.63) is 30.1 Å². The summed E-state index contributed by atoms with van der Waals surface area (Å²) in [6, 6.07) is 4.11. The lowest BCUT2D eigenvalue weighted by molar-refractivity contribution is -0.000750. The van der Waals surface area contributed by atoms with Crippen LogP contribution in [0.4, 0.5) is 0 Å². The number of hydrogen-bond acceptors (Lipinski definition) is 2. The molecule has 0 saturated heterocycles. The van der Waals surface area contributed by atoms with Crippen LogP contribution in [0.5, 0.6) is 0 Å². The van der Waals surface area contributed by atoms with Crippen molar-refractivity contribution in [2.75, 3.05) is 0 Å². The lowest BCUT2D eigenvalue weighted by Gasteiger charge is -2.41. The minimum atomic E-state index is -0.0804. The van der Waals surface area contributed by atoms with Gasteiger partial charge < -0.3 is 5.11 Å². The van der Waals surface area contributed by atoms with E-state index >= 15 is 0 Å². The second-order valence-electron chi connectivity index (χ2n) is 3.76. The number of rotatable bonds is 2. The third kappa shape index (κ3) is 1.46. The van der Waals surface area contributed by atoms with Gasteiger partial charge in [0, 0.05) is 12.4 Å². The first-order chi connectivity index (χ1) is 6.33. The summed E-state index contributed by atoms with van der Waals surface area (Å²) in [4.78, 5) is 3.99. The normalized spacial score (nSPS) is 32.6. The first-order valence-electron chi connectivity index (χ1n) is 4.91. The van der Waals surface area contributed by atoms with Crippen LogP contribution in [0.3, 0.4) is 0 Å². The van der Waals surface area contributed by atoms with E-state index in [0.717, 1.165) is 12.8 Å². The van der Waals surface area contributed by atoms with Gasteiger partial charge in [-0.25, -0.2) is 0 Å². The van der Waals surface area contributed by atoms with E-state index in [1.54, 1.807) is 0 Å². The summed E-state index contributed by atoms with van der Waals surface area (Å²) in [6.45, 7) is 2.14. The molecule has 0 amide bonds. The van der Waals surface area contributed by atoms with Crippen molar-refractivity contribution < 1.29 is 5.11 Å². The van der Waals surface area contributed by atoms with Gasteiger partial charge in [-0.3, -0.25) is 4.98 Å². The molecule has 3 atom stereocenters. The molecule has 2 rings (SSSR count). The maximum absolute atomic E-state index is 9.52. The monoisotopic (exact) mass is 177 g/mol. The van der Waals surface area contributed by atoms with Gasteiger partial charge in [-0.15, -0.1) is 0 Å². The number of aliphatic hydroxyl groups is 1. The van der Waals surface area contributed by atoms with Gasteiger partial charge in [0.1, 0.15) is 0 Å². The molecule has 1 saturated carbocycles. The molecule has 3 unspecified atom stereocenters. The van der Waals surface area contributed by atoms with Gasteiger partial charge >= 0.3 is 0 Å². The Labute approximate surface area is 78.6 Å². The van der Waals surface area contributed by atoms with E-state index in [2.05, 4.69) is 24.0 Å². The van der Waals surface area contributed by atoms with Crippen molar-refractivity contribution in [2.45, 2.75) is 31.8 Å². The highest BCUT2D eigenvalue weighted by molar-refractivity contribution is 5.21. The highest BCUT2D eigenvalue weighted by Crippen LogP contribution is 2.44. The molecule has 0 aliphatic heterocycles. The maximum Gasteiger partial charge on any atom is 0.0580 e. The fourth-order valence-corrected chi connectivity index (χ4v) is 2.23. The highest BCUT2D eigenvalue weighted by atomic mass is 16.3. The molecule has 0 aromatic carbocycles. The molecule has 2 nitrogen and oxygen atoms in total. The minimum absolute atomic E-state index is 0.0804. The Bertz CT molecular complexity index is 273. The predicted molar refractivity (Wildman–Crippen MR) is 51.4 cm³/mol. The Morgan fingerprint density at radius 3 is 2.69 bits per heavy atom. The average molecular weight is 177 g/mol. The van der Waals surface area contributed by atoms with Gasteiger partial charge in [0.2, 0.25) is 0 Å². The zero-order valence-corrected chi connectivity index (χ0v) is 7.85. The molecule has 1 aliphatic carbocycles. The van der Waals surface area contributed by atoms with Crippen LogP contribution in [0, 0.1) is 5.92 Å². The van der Waals surface area contributed by atoms with Crippen molar-refractivity contribution in [3.8, 4) is 0 Å². The van der Waals surface area contributed by atoms with Crippen LogP contribution in [0.25, 0.3) is 0 Å². The molecule has 1 N–H and O–H groups in total. The zero-order chi connectivity index (χ0) is 9.26. The fraction of sp³-hybridized carbons (Fsp3) is 0.545. The van der Waals surface area contributed by atoms with Crippen molar-refractivity contribution in [3.63, 3.8) is 0 Å². The quantitative estimate of drug-likeness (QED) is 0.749. The van der Waals surface area contributed by atoms with E-state index < -0.39 is 0 Å². The van der Waals surface area contributed by atoms with Gasteiger partial charge in [-0.05, 0) is 36.0 Å². The molecule has 1 aliphatic rings.